The van der Waals surface area contributed by atoms with Gasteiger partial charge >= 0.3 is 11.9 Å². The number of carbonyl (C=O) groups is 4. The van der Waals surface area contributed by atoms with Crippen LogP contribution < -0.4 is 16.4 Å². The molecular weight excluding hydrogens is 416 g/mol. The SMILES string of the molecule is N[C@@H](CCC(=O)N[C@@H](CSC1CCn2ccc(CO)c21)C(=O)NCC(=O)O)C(=O)O. The molecular formula is C18H26N4O7S. The highest BCUT2D eigenvalue weighted by Gasteiger charge is 2.29. The average molecular weight is 442 g/mol. The van der Waals surface area contributed by atoms with Gasteiger partial charge < -0.3 is 36.3 Å². The second-order valence-electron chi connectivity index (χ2n) is 6.90. The van der Waals surface area contributed by atoms with Gasteiger partial charge in [-0.2, -0.15) is 0 Å². The number of carbonyl (C=O) groups excluding carboxylic acids is 2. The summed E-state index contributed by atoms with van der Waals surface area (Å²) in [7, 11) is 0. The summed E-state index contributed by atoms with van der Waals surface area (Å²) in [5, 5.41) is 31.9. The second kappa shape index (κ2) is 11.0. The van der Waals surface area contributed by atoms with Gasteiger partial charge in [0.05, 0.1) is 6.61 Å². The number of nitrogens with two attached hydrogens (primary N) is 1. The first-order valence-corrected chi connectivity index (χ1v) is 10.5. The van der Waals surface area contributed by atoms with Crippen LogP contribution in [0.5, 0.6) is 0 Å². The Hall–Kier alpha value is -2.57. The van der Waals surface area contributed by atoms with Gasteiger partial charge in [-0.05, 0) is 24.5 Å². The number of nitrogens with one attached hydrogen (secondary N) is 2. The van der Waals surface area contributed by atoms with E-state index in [4.69, 9.17) is 15.9 Å². The summed E-state index contributed by atoms with van der Waals surface area (Å²) in [5.74, 6) is -3.44. The van der Waals surface area contributed by atoms with E-state index >= 15 is 0 Å². The fourth-order valence-corrected chi connectivity index (χ4v) is 4.54. The average Bonchev–Trinajstić information content (AvgIpc) is 3.29. The molecule has 1 aromatic heterocycles. The van der Waals surface area contributed by atoms with E-state index in [-0.39, 0.29) is 30.5 Å². The Labute approximate surface area is 177 Å². The summed E-state index contributed by atoms with van der Waals surface area (Å²) in [6.07, 6.45) is 2.43. The Balaban J connectivity index is 1.99. The van der Waals surface area contributed by atoms with Crippen molar-refractivity contribution in [3.8, 4) is 0 Å². The van der Waals surface area contributed by atoms with Crippen LogP contribution in [-0.2, 0) is 32.3 Å². The van der Waals surface area contributed by atoms with Crippen LogP contribution in [0.1, 0.15) is 35.8 Å². The molecule has 2 amide bonds. The predicted octanol–water partition coefficient (Wildman–Crippen LogP) is -0.964. The van der Waals surface area contributed by atoms with Crippen LogP contribution in [0.25, 0.3) is 0 Å². The highest BCUT2D eigenvalue weighted by atomic mass is 32.2. The van der Waals surface area contributed by atoms with Gasteiger partial charge in [0.25, 0.3) is 0 Å². The summed E-state index contributed by atoms with van der Waals surface area (Å²) < 4.78 is 2.04. The van der Waals surface area contributed by atoms with E-state index in [1.54, 1.807) is 0 Å². The normalized spacial score (nSPS) is 17.1. The largest absolute Gasteiger partial charge is 0.480 e. The summed E-state index contributed by atoms with van der Waals surface area (Å²) in [6, 6.07) is -0.343. The van der Waals surface area contributed by atoms with Gasteiger partial charge in [0.1, 0.15) is 18.6 Å². The molecule has 166 valence electrons. The molecule has 0 aliphatic carbocycles. The van der Waals surface area contributed by atoms with Gasteiger partial charge in [-0.15, -0.1) is 11.8 Å². The second-order valence-corrected chi connectivity index (χ2v) is 8.14. The number of nitrogens with zero attached hydrogens (tertiary/aromatic N) is 1. The number of aliphatic hydroxyl groups is 1. The number of carboxylic acid groups (broad SMARTS) is 2. The van der Waals surface area contributed by atoms with Gasteiger partial charge in [0, 0.05) is 35.9 Å². The highest BCUT2D eigenvalue weighted by molar-refractivity contribution is 7.99. The van der Waals surface area contributed by atoms with Crippen molar-refractivity contribution >= 4 is 35.5 Å². The molecule has 0 fully saturated rings. The zero-order chi connectivity index (χ0) is 22.3. The van der Waals surface area contributed by atoms with Gasteiger partial charge in [-0.25, -0.2) is 0 Å². The van der Waals surface area contributed by atoms with Crippen LogP contribution in [0.2, 0.25) is 0 Å². The topological polar surface area (TPSA) is 184 Å². The third-order valence-corrected chi connectivity index (χ3v) is 6.12. The molecule has 30 heavy (non-hydrogen) atoms. The van der Waals surface area contributed by atoms with Crippen LogP contribution in [0.4, 0.5) is 0 Å². The van der Waals surface area contributed by atoms with Crippen molar-refractivity contribution in [1.82, 2.24) is 15.2 Å². The third-order valence-electron chi connectivity index (χ3n) is 4.73. The number of amides is 2. The molecule has 2 heterocycles. The number of aliphatic hydroxyl groups excluding tert-OH is 1. The minimum Gasteiger partial charge on any atom is -0.480 e. The molecule has 3 atom stereocenters. The molecule has 12 heteroatoms. The Morgan fingerprint density at radius 2 is 2.03 bits per heavy atom. The number of thioether (sulfide) groups is 1. The lowest BCUT2D eigenvalue weighted by Gasteiger charge is -2.20. The van der Waals surface area contributed by atoms with Gasteiger partial charge in [0.2, 0.25) is 11.8 Å². The maximum absolute atomic E-state index is 12.4. The summed E-state index contributed by atoms with van der Waals surface area (Å²) in [4.78, 5) is 46.1. The summed E-state index contributed by atoms with van der Waals surface area (Å²) in [6.45, 7) is 0.103. The number of aryl methyl sites for hydroxylation is 1. The highest BCUT2D eigenvalue weighted by Crippen LogP contribution is 2.40. The molecule has 7 N–H and O–H groups in total. The van der Waals surface area contributed by atoms with E-state index in [1.165, 1.54) is 11.8 Å². The quantitative estimate of drug-likeness (QED) is 0.237. The number of hydrogen-bond acceptors (Lipinski definition) is 7. The summed E-state index contributed by atoms with van der Waals surface area (Å²) >= 11 is 1.43. The van der Waals surface area contributed by atoms with E-state index in [0.717, 1.165) is 24.2 Å². The van der Waals surface area contributed by atoms with Gasteiger partial charge in [-0.1, -0.05) is 0 Å². The number of carboxylic acids is 2. The molecule has 0 saturated carbocycles. The molecule has 0 radical (unpaired) electrons. The lowest BCUT2D eigenvalue weighted by molar-refractivity contribution is -0.139. The zero-order valence-electron chi connectivity index (χ0n) is 16.2. The molecule has 0 bridgehead atoms. The minimum atomic E-state index is -1.22. The number of rotatable bonds is 12. The van der Waals surface area contributed by atoms with Crippen LogP contribution in [0.15, 0.2) is 12.3 Å². The van der Waals surface area contributed by atoms with E-state index in [2.05, 4.69) is 10.6 Å². The molecule has 2 rings (SSSR count). The molecule has 1 aliphatic rings. The van der Waals surface area contributed by atoms with Crippen molar-refractivity contribution in [1.29, 1.82) is 0 Å². The molecule has 0 spiro atoms. The third kappa shape index (κ3) is 6.47. The van der Waals surface area contributed by atoms with Crippen molar-refractivity contribution in [3.63, 3.8) is 0 Å². The molecule has 11 nitrogen and oxygen atoms in total. The minimum absolute atomic E-state index is 0.0225. The van der Waals surface area contributed by atoms with E-state index in [9.17, 15) is 24.3 Å². The van der Waals surface area contributed by atoms with Crippen molar-refractivity contribution in [3.05, 3.63) is 23.5 Å². The Bertz CT molecular complexity index is 797. The maximum atomic E-state index is 12.4. The van der Waals surface area contributed by atoms with Crippen LogP contribution >= 0.6 is 11.8 Å². The molecule has 1 aliphatic heterocycles. The van der Waals surface area contributed by atoms with Crippen LogP contribution in [0, 0.1) is 0 Å². The molecule has 1 unspecified atom stereocenters. The zero-order valence-corrected chi connectivity index (χ0v) is 17.1. The Kier molecular flexibility index (Phi) is 8.69. The fourth-order valence-electron chi connectivity index (χ4n) is 3.16. The lowest BCUT2D eigenvalue weighted by atomic mass is 10.1. The van der Waals surface area contributed by atoms with Crippen molar-refractivity contribution < 1.29 is 34.5 Å². The van der Waals surface area contributed by atoms with Crippen LogP contribution in [0.3, 0.4) is 0 Å². The molecule has 0 aromatic carbocycles. The summed E-state index contributed by atoms with van der Waals surface area (Å²) in [5.41, 5.74) is 7.18. The first-order chi connectivity index (χ1) is 14.2. The first kappa shape index (κ1) is 23.7. The van der Waals surface area contributed by atoms with Crippen LogP contribution in [-0.4, -0.2) is 68.0 Å². The predicted molar refractivity (Wildman–Crippen MR) is 108 cm³/mol. The van der Waals surface area contributed by atoms with Crippen molar-refractivity contribution in [2.24, 2.45) is 5.73 Å². The Morgan fingerprint density at radius 1 is 1.30 bits per heavy atom. The standard InChI is InChI=1S/C18H26N4O7S/c19-11(18(28)29)1-2-14(24)21-12(17(27)20-7-15(25)26)9-30-13-4-6-22-5-3-10(8-23)16(13)22/h3,5,11-13,23H,1-2,4,6-9,19H2,(H,20,27)(H,21,24)(H,25,26)(H,28,29)/t11-,12-,13?/m0/s1. The number of hydrogen-bond donors (Lipinski definition) is 6. The number of aromatic nitrogens is 1. The monoisotopic (exact) mass is 442 g/mol. The van der Waals surface area contributed by atoms with Gasteiger partial charge in [0.15, 0.2) is 0 Å². The number of aliphatic carboxylic acids is 2. The van der Waals surface area contributed by atoms with E-state index in [0.29, 0.717) is 0 Å². The van der Waals surface area contributed by atoms with E-state index < -0.39 is 42.4 Å². The van der Waals surface area contributed by atoms with Crippen molar-refractivity contribution in [2.45, 2.75) is 49.7 Å². The first-order valence-electron chi connectivity index (χ1n) is 9.40. The maximum Gasteiger partial charge on any atom is 0.322 e. The lowest BCUT2D eigenvalue weighted by Crippen LogP contribution is -2.49. The molecule has 1 aromatic rings. The van der Waals surface area contributed by atoms with E-state index in [1.807, 2.05) is 16.8 Å². The molecule has 0 saturated heterocycles. The smallest absolute Gasteiger partial charge is 0.322 e. The number of fused-ring (bicyclic) bond motifs is 1. The van der Waals surface area contributed by atoms with Gasteiger partial charge in [-0.3, -0.25) is 19.2 Å². The fraction of sp³-hybridized carbons (Fsp3) is 0.556. The Morgan fingerprint density at radius 3 is 2.67 bits per heavy atom. The van der Waals surface area contributed by atoms with Crippen molar-refractivity contribution in [2.75, 3.05) is 12.3 Å².